The van der Waals surface area contributed by atoms with E-state index in [0.29, 0.717) is 0 Å². The van der Waals surface area contributed by atoms with E-state index in [1.54, 1.807) is 0 Å². The first-order valence-corrected chi connectivity index (χ1v) is 0.500. The van der Waals surface area contributed by atoms with Crippen LogP contribution in [0, 0.1) is 0 Å². The Bertz CT molecular complexity index is 9.65. The molecule has 0 spiro atoms. The Morgan fingerprint density at radius 3 is 0.571 bits per heavy atom. The molecule has 0 bridgehead atoms. The van der Waals surface area contributed by atoms with Crippen molar-refractivity contribution in [3.63, 3.8) is 0 Å². The van der Waals surface area contributed by atoms with Crippen molar-refractivity contribution >= 4 is 0 Å². The zero-order chi connectivity index (χ0) is 2.00. The van der Waals surface area contributed by atoms with E-state index in [1.807, 2.05) is 0 Å². The predicted octanol–water partition coefficient (Wildman–Crippen LogP) is 0.0925. The van der Waals surface area contributed by atoms with E-state index in [1.165, 1.54) is 0 Å². The van der Waals surface area contributed by atoms with Gasteiger partial charge in [-0.05, 0) is 0 Å². The van der Waals surface area contributed by atoms with Crippen LogP contribution in [0.25, 0.3) is 0 Å². The second kappa shape index (κ2) is 2040. The molecule has 0 radical (unpaired) electrons. The van der Waals surface area contributed by atoms with Crippen LogP contribution in [0.4, 0.5) is 0 Å². The molecule has 0 aromatic heterocycles. The zero-order valence-corrected chi connectivity index (χ0v) is 5.26. The van der Waals surface area contributed by atoms with E-state index >= 15 is 0 Å². The minimum atomic E-state index is 0. The van der Waals surface area contributed by atoms with Crippen molar-refractivity contribution < 1.29 is 43.6 Å². The quantitative estimate of drug-likeness (QED) is 0.353. The fraction of sp³-hybridized carbons (Fsp3) is 0. The van der Waals surface area contributed by atoms with Crippen LogP contribution in [-0.4, -0.2) is 21.9 Å². The van der Waals surface area contributed by atoms with Crippen molar-refractivity contribution in [3.8, 4) is 0 Å². The Hall–Kier alpha value is 0.294. The summed E-state index contributed by atoms with van der Waals surface area (Å²) in [5.74, 6) is 0. The van der Waals surface area contributed by atoms with E-state index in [2.05, 4.69) is 13.2 Å². The summed E-state index contributed by atoms with van der Waals surface area (Å²) in [6, 6.07) is 0. The molecule has 0 fully saturated rings. The average molecular weight is 144 g/mol. The molecule has 0 rings (SSSR count). The first kappa shape index (κ1) is 173. The van der Waals surface area contributed by atoms with Gasteiger partial charge in [-0.25, -0.2) is 0 Å². The summed E-state index contributed by atoms with van der Waals surface area (Å²) in [4.78, 5) is 0. The third-order valence-electron chi connectivity index (χ3n) is 0. The maximum Gasteiger partial charge on any atom is 0 e. The Balaban J connectivity index is -0.000000000500. The molecule has 0 saturated heterocycles. The number of rotatable bonds is 0. The predicted molar refractivity (Wildman–Crippen MR) is 19.0 cm³/mol. The summed E-state index contributed by atoms with van der Waals surface area (Å²) in [5.41, 5.74) is 0. The maximum atomic E-state index is 3.00. The first-order valence-electron chi connectivity index (χ1n) is 0.500. The van der Waals surface area contributed by atoms with E-state index in [9.17, 15) is 0 Å². The summed E-state index contributed by atoms with van der Waals surface area (Å²) in [6.07, 6.45) is 0. The van der Waals surface area contributed by atoms with Crippen molar-refractivity contribution in [2.75, 3.05) is 0 Å². The van der Waals surface area contributed by atoms with Gasteiger partial charge in [-0.3, -0.25) is 0 Å². The molecule has 4 nitrogen and oxygen atoms in total. The fourth-order valence-corrected chi connectivity index (χ4v) is 0. The molecule has 48 valence electrons. The second-order valence-electron chi connectivity index (χ2n) is 0. The van der Waals surface area contributed by atoms with Crippen LogP contribution in [0.5, 0.6) is 0 Å². The van der Waals surface area contributed by atoms with Gasteiger partial charge in [-0.2, -0.15) is 0 Å². The zero-order valence-electron chi connectivity index (χ0n) is 3.70. The van der Waals surface area contributed by atoms with Crippen molar-refractivity contribution in [2.45, 2.75) is 0 Å². The fourth-order valence-electron chi connectivity index (χ4n) is 0. The number of hydrogen-bond acceptors (Lipinski definition) is 4. The van der Waals surface area contributed by atoms with Gasteiger partial charge in [0.25, 0.3) is 0 Å². The van der Waals surface area contributed by atoms with Gasteiger partial charge < -0.3 is 21.9 Å². The molecule has 0 aliphatic carbocycles. The normalized spacial score (nSPS) is 0.571. The van der Waals surface area contributed by atoms with Gasteiger partial charge >= 0.3 is 0 Å². The van der Waals surface area contributed by atoms with Crippen LogP contribution in [0.2, 0.25) is 0 Å². The van der Waals surface area contributed by atoms with Crippen LogP contribution in [0.1, 0.15) is 0 Å². The Morgan fingerprint density at radius 2 is 0.571 bits per heavy atom. The molecule has 0 unspecified atom stereocenters. The van der Waals surface area contributed by atoms with Crippen molar-refractivity contribution in [2.24, 2.45) is 0 Å². The van der Waals surface area contributed by atoms with Crippen LogP contribution in [0.3, 0.4) is 0 Å². The van der Waals surface area contributed by atoms with Gasteiger partial charge in [-0.15, -0.1) is 13.2 Å². The van der Waals surface area contributed by atoms with Gasteiger partial charge in [0.2, 0.25) is 0 Å². The molecule has 0 saturated carbocycles. The molecule has 0 heterocycles. The molecule has 0 amide bonds. The van der Waals surface area contributed by atoms with Crippen LogP contribution in [0.15, 0.2) is 13.2 Å². The molecule has 5 heteroatoms. The molecule has 0 aliphatic rings. The van der Waals surface area contributed by atoms with Gasteiger partial charge in [0.1, 0.15) is 0 Å². The molecule has 0 aromatic rings. The van der Waals surface area contributed by atoms with E-state index in [4.69, 9.17) is 0 Å². The molecule has 7 heavy (non-hydrogen) atoms. The monoisotopic (exact) mass is 144 g/mol. The third-order valence-corrected chi connectivity index (χ3v) is 0. The topological polar surface area (TPSA) is 120 Å². The second-order valence-corrected chi connectivity index (χ2v) is 0. The van der Waals surface area contributed by atoms with Gasteiger partial charge in [0, 0.05) is 21.7 Å². The average Bonchev–Trinajstić information content (AvgIpc) is 1.00. The van der Waals surface area contributed by atoms with Gasteiger partial charge in [-0.1, -0.05) is 0 Å². The van der Waals surface area contributed by atoms with E-state index in [-0.39, 0.29) is 43.6 Å². The molecule has 0 aliphatic heterocycles. The minimum absolute atomic E-state index is 0. The number of hydrogen-bond donors (Lipinski definition) is 0. The largest absolute Gasteiger partial charge is 0.870 e. The smallest absolute Gasteiger partial charge is 0 e. The van der Waals surface area contributed by atoms with Crippen LogP contribution >= 0.6 is 0 Å². The molecule has 0 atom stereocenters. The van der Waals surface area contributed by atoms with E-state index in [0.717, 1.165) is 0 Å². The Morgan fingerprint density at radius 1 is 0.571 bits per heavy atom. The Kier molecular flexibility index (Phi) is 50200. The summed E-state index contributed by atoms with van der Waals surface area (Å²) >= 11 is 0. The Labute approximate surface area is 57.3 Å². The molecule has 4 N–H and O–H groups in total. The first-order chi connectivity index (χ1) is 1.00. The van der Waals surface area contributed by atoms with Crippen molar-refractivity contribution in [1.29, 1.82) is 0 Å². The van der Waals surface area contributed by atoms with E-state index < -0.39 is 0 Å². The maximum absolute atomic E-state index is 3.00. The van der Waals surface area contributed by atoms with Crippen LogP contribution < -0.4 is 0 Å². The van der Waals surface area contributed by atoms with Gasteiger partial charge in [0.15, 0.2) is 0 Å². The molecular weight excluding hydrogens is 136 g/mol. The van der Waals surface area contributed by atoms with Gasteiger partial charge in [0.05, 0.1) is 0 Å². The third kappa shape index (κ3) is 1340. The van der Waals surface area contributed by atoms with Crippen molar-refractivity contribution in [3.05, 3.63) is 13.2 Å². The molecule has 0 aromatic carbocycles. The van der Waals surface area contributed by atoms with Crippen LogP contribution in [-0.2, 0) is 21.7 Å². The standard InChI is InChI=1S/C2H4.4H2O.Ti/c1-2;;;;;/h1-2H2;4*1H2;/p-4. The summed E-state index contributed by atoms with van der Waals surface area (Å²) in [6.45, 7) is 6.00. The summed E-state index contributed by atoms with van der Waals surface area (Å²) < 4.78 is 0. The summed E-state index contributed by atoms with van der Waals surface area (Å²) in [5, 5.41) is 0. The van der Waals surface area contributed by atoms with Crippen molar-refractivity contribution in [1.82, 2.24) is 0 Å². The SMILES string of the molecule is C=C.[OH-].[OH-].[OH-].[OH-].[Ti]. The minimum Gasteiger partial charge on any atom is -0.870 e. The molecular formula is C2H8O4Ti-4. The summed E-state index contributed by atoms with van der Waals surface area (Å²) in [7, 11) is 0.